The van der Waals surface area contributed by atoms with Gasteiger partial charge in [0.2, 0.25) is 0 Å². The van der Waals surface area contributed by atoms with Crippen molar-refractivity contribution in [2.75, 3.05) is 14.2 Å². The maximum atomic E-state index is 13.0. The van der Waals surface area contributed by atoms with E-state index in [1.165, 1.54) is 0 Å². The predicted molar refractivity (Wildman–Crippen MR) is 92.3 cm³/mol. The van der Waals surface area contributed by atoms with E-state index in [1.807, 2.05) is 37.3 Å². The molecule has 0 spiro atoms. The minimum Gasteiger partial charge on any atom is -0.506 e. The number of aromatic hydroxyl groups is 1. The van der Waals surface area contributed by atoms with Crippen LogP contribution in [0.2, 0.25) is 0 Å². The first-order valence-electron chi connectivity index (χ1n) is 7.63. The third-order valence-corrected chi connectivity index (χ3v) is 4.53. The Kier molecular flexibility index (Phi) is 3.03. The standard InChI is InChI=1S/C20H16O4/c1-10-8-13-15(14(9-10)23-2)16-17(19(13)22)18(21)11-6-4-5-7-12(11)20(16)24-3/h4-9,21H,1-3H3. The summed E-state index contributed by atoms with van der Waals surface area (Å²) in [4.78, 5) is 13.0. The summed E-state index contributed by atoms with van der Waals surface area (Å²) in [5.74, 6) is 0.962. The quantitative estimate of drug-likeness (QED) is 0.604. The first-order valence-corrected chi connectivity index (χ1v) is 7.63. The number of benzene rings is 3. The number of methoxy groups -OCH3 is 2. The lowest BCUT2D eigenvalue weighted by Crippen LogP contribution is -1.98. The second-order valence-corrected chi connectivity index (χ2v) is 5.90. The third kappa shape index (κ3) is 1.71. The van der Waals surface area contributed by atoms with Gasteiger partial charge in [0, 0.05) is 27.5 Å². The van der Waals surface area contributed by atoms with Crippen molar-refractivity contribution in [2.24, 2.45) is 0 Å². The number of rotatable bonds is 2. The molecule has 0 unspecified atom stereocenters. The van der Waals surface area contributed by atoms with Gasteiger partial charge >= 0.3 is 0 Å². The molecule has 4 rings (SSSR count). The predicted octanol–water partition coefficient (Wildman–Crippen LogP) is 4.08. The van der Waals surface area contributed by atoms with Gasteiger partial charge in [-0.3, -0.25) is 4.79 Å². The van der Waals surface area contributed by atoms with E-state index in [2.05, 4.69) is 0 Å². The molecule has 120 valence electrons. The van der Waals surface area contributed by atoms with Gasteiger partial charge in [0.1, 0.15) is 17.2 Å². The maximum Gasteiger partial charge on any atom is 0.198 e. The van der Waals surface area contributed by atoms with E-state index in [4.69, 9.17) is 9.47 Å². The zero-order valence-electron chi connectivity index (χ0n) is 13.6. The molecule has 0 heterocycles. The Balaban J connectivity index is 2.24. The summed E-state index contributed by atoms with van der Waals surface area (Å²) in [6, 6.07) is 11.1. The second-order valence-electron chi connectivity index (χ2n) is 5.90. The lowest BCUT2D eigenvalue weighted by atomic mass is 9.96. The lowest BCUT2D eigenvalue weighted by molar-refractivity contribution is 0.104. The Hall–Kier alpha value is -3.01. The van der Waals surface area contributed by atoms with Crippen LogP contribution in [0.5, 0.6) is 17.2 Å². The topological polar surface area (TPSA) is 55.8 Å². The normalized spacial score (nSPS) is 12.2. The first kappa shape index (κ1) is 14.6. The van der Waals surface area contributed by atoms with E-state index in [9.17, 15) is 9.90 Å². The summed E-state index contributed by atoms with van der Waals surface area (Å²) in [7, 11) is 3.15. The van der Waals surface area contributed by atoms with E-state index in [0.29, 0.717) is 33.6 Å². The van der Waals surface area contributed by atoms with Gasteiger partial charge in [-0.05, 0) is 24.6 Å². The van der Waals surface area contributed by atoms with E-state index in [0.717, 1.165) is 10.9 Å². The van der Waals surface area contributed by atoms with Crippen molar-refractivity contribution in [2.45, 2.75) is 6.92 Å². The van der Waals surface area contributed by atoms with Crippen molar-refractivity contribution in [3.8, 4) is 28.4 Å². The van der Waals surface area contributed by atoms with E-state index in [-0.39, 0.29) is 17.1 Å². The number of fused-ring (bicyclic) bond motifs is 4. The molecule has 0 amide bonds. The van der Waals surface area contributed by atoms with Crippen LogP contribution in [0.1, 0.15) is 21.5 Å². The van der Waals surface area contributed by atoms with Crippen LogP contribution >= 0.6 is 0 Å². The Morgan fingerprint density at radius 2 is 1.62 bits per heavy atom. The monoisotopic (exact) mass is 320 g/mol. The van der Waals surface area contributed by atoms with Crippen LogP contribution in [-0.2, 0) is 0 Å². The fourth-order valence-corrected chi connectivity index (χ4v) is 3.55. The lowest BCUT2D eigenvalue weighted by Gasteiger charge is -2.15. The molecule has 0 saturated heterocycles. The zero-order valence-corrected chi connectivity index (χ0v) is 13.6. The van der Waals surface area contributed by atoms with Gasteiger partial charge in [0.25, 0.3) is 0 Å². The van der Waals surface area contributed by atoms with Gasteiger partial charge < -0.3 is 14.6 Å². The van der Waals surface area contributed by atoms with E-state index < -0.39 is 0 Å². The molecule has 0 fully saturated rings. The number of ether oxygens (including phenoxy) is 2. The molecule has 0 radical (unpaired) electrons. The van der Waals surface area contributed by atoms with Gasteiger partial charge in [-0.2, -0.15) is 0 Å². The van der Waals surface area contributed by atoms with Crippen LogP contribution in [0.3, 0.4) is 0 Å². The van der Waals surface area contributed by atoms with Crippen LogP contribution in [0, 0.1) is 6.92 Å². The number of hydrogen-bond donors (Lipinski definition) is 1. The van der Waals surface area contributed by atoms with Crippen molar-refractivity contribution in [1.29, 1.82) is 0 Å². The third-order valence-electron chi connectivity index (χ3n) is 4.53. The highest BCUT2D eigenvalue weighted by molar-refractivity contribution is 6.28. The minimum absolute atomic E-state index is 0.0118. The number of phenols is 1. The SMILES string of the molecule is COc1cc(C)cc2c1-c1c(c(O)c3ccccc3c1OC)C2=O. The zero-order chi connectivity index (χ0) is 17.0. The molecule has 4 heteroatoms. The smallest absolute Gasteiger partial charge is 0.198 e. The Bertz CT molecular complexity index is 1020. The Labute approximate surface area is 139 Å². The van der Waals surface area contributed by atoms with Crippen molar-refractivity contribution in [3.63, 3.8) is 0 Å². The number of hydrogen-bond acceptors (Lipinski definition) is 4. The molecule has 1 aliphatic carbocycles. The number of aryl methyl sites for hydroxylation is 1. The fourth-order valence-electron chi connectivity index (χ4n) is 3.55. The summed E-state index contributed by atoms with van der Waals surface area (Å²) in [6.07, 6.45) is 0. The molecule has 3 aromatic rings. The molecule has 0 aliphatic heterocycles. The van der Waals surface area contributed by atoms with Crippen LogP contribution in [0.15, 0.2) is 36.4 Å². The molecule has 1 aliphatic rings. The minimum atomic E-state index is -0.205. The highest BCUT2D eigenvalue weighted by atomic mass is 16.5. The van der Waals surface area contributed by atoms with E-state index in [1.54, 1.807) is 20.3 Å². The highest BCUT2D eigenvalue weighted by Gasteiger charge is 2.37. The largest absolute Gasteiger partial charge is 0.506 e. The van der Waals surface area contributed by atoms with Gasteiger partial charge in [-0.15, -0.1) is 0 Å². The van der Waals surface area contributed by atoms with Gasteiger partial charge in [0.05, 0.1) is 19.8 Å². The molecule has 3 aromatic carbocycles. The van der Waals surface area contributed by atoms with E-state index >= 15 is 0 Å². The average Bonchev–Trinajstić information content (AvgIpc) is 2.88. The summed E-state index contributed by atoms with van der Waals surface area (Å²) in [5.41, 5.74) is 3.02. The average molecular weight is 320 g/mol. The molecule has 0 bridgehead atoms. The van der Waals surface area contributed by atoms with Crippen molar-refractivity contribution >= 4 is 16.6 Å². The van der Waals surface area contributed by atoms with Gasteiger partial charge in [0.15, 0.2) is 5.78 Å². The molecular weight excluding hydrogens is 304 g/mol. The summed E-state index contributed by atoms with van der Waals surface area (Å²) in [5, 5.41) is 12.1. The molecule has 4 nitrogen and oxygen atoms in total. The Morgan fingerprint density at radius 1 is 0.917 bits per heavy atom. The molecule has 0 atom stereocenters. The molecule has 1 N–H and O–H groups in total. The van der Waals surface area contributed by atoms with Crippen molar-refractivity contribution < 1.29 is 19.4 Å². The summed E-state index contributed by atoms with van der Waals surface area (Å²) in [6.45, 7) is 1.91. The fraction of sp³-hybridized carbons (Fsp3) is 0.150. The number of ketones is 1. The number of carbonyl (C=O) groups excluding carboxylic acids is 1. The molecule has 0 saturated carbocycles. The maximum absolute atomic E-state index is 13.0. The van der Waals surface area contributed by atoms with Crippen molar-refractivity contribution in [1.82, 2.24) is 0 Å². The molecule has 0 aromatic heterocycles. The second kappa shape index (κ2) is 4.99. The van der Waals surface area contributed by atoms with Crippen LogP contribution in [0.4, 0.5) is 0 Å². The number of carbonyl (C=O) groups is 1. The first-order chi connectivity index (χ1) is 11.6. The van der Waals surface area contributed by atoms with Crippen LogP contribution in [-0.4, -0.2) is 25.1 Å². The van der Waals surface area contributed by atoms with Gasteiger partial charge in [-0.25, -0.2) is 0 Å². The summed E-state index contributed by atoms with van der Waals surface area (Å²) < 4.78 is 11.1. The number of phenolic OH excluding ortho intramolecular Hbond substituents is 1. The van der Waals surface area contributed by atoms with Crippen LogP contribution in [0.25, 0.3) is 21.9 Å². The molecule has 24 heavy (non-hydrogen) atoms. The van der Waals surface area contributed by atoms with Crippen molar-refractivity contribution in [3.05, 3.63) is 53.1 Å². The highest BCUT2D eigenvalue weighted by Crippen LogP contribution is 2.53. The van der Waals surface area contributed by atoms with Crippen LogP contribution < -0.4 is 9.47 Å². The summed E-state index contributed by atoms with van der Waals surface area (Å²) >= 11 is 0. The Morgan fingerprint density at radius 3 is 2.29 bits per heavy atom. The van der Waals surface area contributed by atoms with Gasteiger partial charge in [-0.1, -0.05) is 24.3 Å². The molecular formula is C20H16O4.